The number of carbonyl (C=O) groups is 1. The van der Waals surface area contributed by atoms with Gasteiger partial charge >= 0.3 is 5.97 Å². The van der Waals surface area contributed by atoms with E-state index in [1.165, 1.54) is 12.1 Å². The number of nitriles is 1. The third-order valence-electron chi connectivity index (χ3n) is 2.85. The van der Waals surface area contributed by atoms with Crippen LogP contribution in [-0.2, 0) is 14.8 Å². The van der Waals surface area contributed by atoms with E-state index in [1.54, 1.807) is 26.8 Å². The molecule has 0 amide bonds. The molecule has 20 heavy (non-hydrogen) atoms. The van der Waals surface area contributed by atoms with Crippen molar-refractivity contribution in [1.82, 2.24) is 4.72 Å². The molecule has 0 fully saturated rings. The standard InChI is InChI=1S/C13H16N2O4S/c1-8(2)12(13(16)17)15-20(18,19)11-6-4-5-9(3)10(11)7-14/h4-6,8,12,15H,1-3H3,(H,16,17)/t12-/m1/s1. The molecular formula is C13H16N2O4S. The number of carboxylic acid groups (broad SMARTS) is 1. The van der Waals surface area contributed by atoms with E-state index in [1.807, 2.05) is 6.07 Å². The number of aliphatic carboxylic acids is 1. The summed E-state index contributed by atoms with van der Waals surface area (Å²) in [7, 11) is -4.07. The summed E-state index contributed by atoms with van der Waals surface area (Å²) in [6.07, 6.45) is 0. The van der Waals surface area contributed by atoms with Crippen LogP contribution in [0.4, 0.5) is 0 Å². The van der Waals surface area contributed by atoms with Crippen molar-refractivity contribution in [2.45, 2.75) is 31.7 Å². The number of rotatable bonds is 5. The predicted molar refractivity (Wildman–Crippen MR) is 72.5 cm³/mol. The average molecular weight is 296 g/mol. The zero-order valence-electron chi connectivity index (χ0n) is 11.4. The minimum absolute atomic E-state index is 0.0212. The fourth-order valence-electron chi connectivity index (χ4n) is 1.71. The van der Waals surface area contributed by atoms with Crippen LogP contribution in [-0.4, -0.2) is 25.5 Å². The Labute approximate surface area is 118 Å². The number of hydrogen-bond donors (Lipinski definition) is 2. The van der Waals surface area contributed by atoms with E-state index in [0.717, 1.165) is 0 Å². The van der Waals surface area contributed by atoms with Crippen LogP contribution in [0, 0.1) is 24.2 Å². The fraction of sp³-hybridized carbons (Fsp3) is 0.385. The molecular weight excluding hydrogens is 280 g/mol. The lowest BCUT2D eigenvalue weighted by Crippen LogP contribution is -2.44. The van der Waals surface area contributed by atoms with E-state index in [9.17, 15) is 13.2 Å². The van der Waals surface area contributed by atoms with E-state index in [2.05, 4.69) is 4.72 Å². The number of nitrogens with zero attached hydrogens (tertiary/aromatic N) is 1. The maximum atomic E-state index is 12.3. The van der Waals surface area contributed by atoms with Crippen molar-refractivity contribution in [3.8, 4) is 6.07 Å². The van der Waals surface area contributed by atoms with Gasteiger partial charge in [0.1, 0.15) is 17.0 Å². The van der Waals surface area contributed by atoms with E-state index in [4.69, 9.17) is 10.4 Å². The van der Waals surface area contributed by atoms with Gasteiger partial charge in [0.2, 0.25) is 10.0 Å². The van der Waals surface area contributed by atoms with E-state index < -0.39 is 28.0 Å². The van der Waals surface area contributed by atoms with Gasteiger partial charge < -0.3 is 5.11 Å². The van der Waals surface area contributed by atoms with Crippen molar-refractivity contribution in [3.05, 3.63) is 29.3 Å². The van der Waals surface area contributed by atoms with Gasteiger partial charge in [-0.2, -0.15) is 9.98 Å². The zero-order valence-corrected chi connectivity index (χ0v) is 12.2. The highest BCUT2D eigenvalue weighted by molar-refractivity contribution is 7.89. The van der Waals surface area contributed by atoms with Gasteiger partial charge in [-0.05, 0) is 24.5 Å². The highest BCUT2D eigenvalue weighted by Crippen LogP contribution is 2.19. The molecule has 0 spiro atoms. The van der Waals surface area contributed by atoms with Gasteiger partial charge in [-0.3, -0.25) is 4.79 Å². The molecule has 108 valence electrons. The first kappa shape index (κ1) is 16.1. The monoisotopic (exact) mass is 296 g/mol. The van der Waals surface area contributed by atoms with Gasteiger partial charge in [-0.25, -0.2) is 8.42 Å². The number of carboxylic acids is 1. The molecule has 0 unspecified atom stereocenters. The zero-order chi connectivity index (χ0) is 15.5. The highest BCUT2D eigenvalue weighted by Gasteiger charge is 2.29. The summed E-state index contributed by atoms with van der Waals surface area (Å²) in [6, 6.07) is 5.01. The van der Waals surface area contributed by atoms with Crippen LogP contribution in [0.15, 0.2) is 23.1 Å². The van der Waals surface area contributed by atoms with Crippen LogP contribution in [0.5, 0.6) is 0 Å². The van der Waals surface area contributed by atoms with Gasteiger partial charge in [0, 0.05) is 0 Å². The molecule has 1 rings (SSSR count). The molecule has 0 saturated heterocycles. The van der Waals surface area contributed by atoms with Crippen molar-refractivity contribution < 1.29 is 18.3 Å². The first-order chi connectivity index (χ1) is 9.20. The summed E-state index contributed by atoms with van der Waals surface area (Å²) in [5.41, 5.74) is 0.541. The Balaban J connectivity index is 3.29. The Hall–Kier alpha value is -1.91. The predicted octanol–water partition coefficient (Wildman–Crippen LogP) is 1.25. The van der Waals surface area contributed by atoms with Crippen molar-refractivity contribution in [3.63, 3.8) is 0 Å². The second kappa shape index (κ2) is 6.03. The summed E-state index contributed by atoms with van der Waals surface area (Å²) in [5, 5.41) is 18.1. The van der Waals surface area contributed by atoms with Crippen molar-refractivity contribution >= 4 is 16.0 Å². The summed E-state index contributed by atoms with van der Waals surface area (Å²) >= 11 is 0. The van der Waals surface area contributed by atoms with Gasteiger partial charge in [-0.1, -0.05) is 26.0 Å². The van der Waals surface area contributed by atoms with Gasteiger partial charge in [0.05, 0.1) is 5.56 Å². The van der Waals surface area contributed by atoms with Crippen molar-refractivity contribution in [2.75, 3.05) is 0 Å². The summed E-state index contributed by atoms with van der Waals surface area (Å²) < 4.78 is 26.6. The van der Waals surface area contributed by atoms with Crippen LogP contribution >= 0.6 is 0 Å². The van der Waals surface area contributed by atoms with Crippen LogP contribution in [0.3, 0.4) is 0 Å². The first-order valence-electron chi connectivity index (χ1n) is 5.95. The lowest BCUT2D eigenvalue weighted by molar-refractivity contribution is -0.140. The number of benzene rings is 1. The van der Waals surface area contributed by atoms with Crippen molar-refractivity contribution in [1.29, 1.82) is 5.26 Å². The molecule has 1 aromatic carbocycles. The molecule has 0 heterocycles. The largest absolute Gasteiger partial charge is 0.480 e. The van der Waals surface area contributed by atoms with E-state index >= 15 is 0 Å². The molecule has 0 bridgehead atoms. The Morgan fingerprint density at radius 1 is 1.40 bits per heavy atom. The van der Waals surface area contributed by atoms with Crippen molar-refractivity contribution in [2.24, 2.45) is 5.92 Å². The Bertz CT molecular complexity index is 659. The van der Waals surface area contributed by atoms with Crippen LogP contribution in [0.1, 0.15) is 25.0 Å². The Morgan fingerprint density at radius 3 is 2.45 bits per heavy atom. The fourth-order valence-corrected chi connectivity index (χ4v) is 3.28. The summed E-state index contributed by atoms with van der Waals surface area (Å²) in [5.74, 6) is -1.67. The molecule has 2 N–H and O–H groups in total. The van der Waals surface area contributed by atoms with Crippen LogP contribution in [0.2, 0.25) is 0 Å². The van der Waals surface area contributed by atoms with Crippen LogP contribution < -0.4 is 4.72 Å². The summed E-state index contributed by atoms with van der Waals surface area (Å²) in [4.78, 5) is 10.9. The third-order valence-corrected chi connectivity index (χ3v) is 4.33. The second-order valence-corrected chi connectivity index (χ2v) is 6.42. The molecule has 0 aliphatic carbocycles. The minimum atomic E-state index is -4.07. The summed E-state index contributed by atoms with van der Waals surface area (Å²) in [6.45, 7) is 4.82. The van der Waals surface area contributed by atoms with E-state index in [0.29, 0.717) is 5.56 Å². The lowest BCUT2D eigenvalue weighted by Gasteiger charge is -2.18. The third kappa shape index (κ3) is 3.35. The molecule has 1 aromatic rings. The van der Waals surface area contributed by atoms with E-state index in [-0.39, 0.29) is 10.5 Å². The second-order valence-electron chi connectivity index (χ2n) is 4.74. The number of hydrogen-bond acceptors (Lipinski definition) is 4. The minimum Gasteiger partial charge on any atom is -0.480 e. The number of nitrogens with one attached hydrogen (secondary N) is 1. The molecule has 0 radical (unpaired) electrons. The maximum absolute atomic E-state index is 12.3. The highest BCUT2D eigenvalue weighted by atomic mass is 32.2. The SMILES string of the molecule is Cc1cccc(S(=O)(=O)N[C@@H](C(=O)O)C(C)C)c1C#N. The maximum Gasteiger partial charge on any atom is 0.322 e. The molecule has 7 heteroatoms. The van der Waals surface area contributed by atoms with Gasteiger partial charge in [0.15, 0.2) is 0 Å². The normalized spacial score (nSPS) is 12.9. The molecule has 6 nitrogen and oxygen atoms in total. The topological polar surface area (TPSA) is 107 Å². The average Bonchev–Trinajstić information content (AvgIpc) is 2.35. The van der Waals surface area contributed by atoms with Gasteiger partial charge in [0.25, 0.3) is 0 Å². The number of aryl methyl sites for hydroxylation is 1. The lowest BCUT2D eigenvalue weighted by atomic mass is 10.1. The molecule has 1 atom stereocenters. The first-order valence-corrected chi connectivity index (χ1v) is 7.44. The molecule has 0 aliphatic heterocycles. The van der Waals surface area contributed by atoms with Gasteiger partial charge in [-0.15, -0.1) is 0 Å². The van der Waals surface area contributed by atoms with Crippen LogP contribution in [0.25, 0.3) is 0 Å². The quantitative estimate of drug-likeness (QED) is 0.850. The molecule has 0 aromatic heterocycles. The molecule has 0 aliphatic rings. The number of sulfonamides is 1. The Kier molecular flexibility index (Phi) is 4.87. The smallest absolute Gasteiger partial charge is 0.322 e. The Morgan fingerprint density at radius 2 is 2.00 bits per heavy atom. The molecule has 0 saturated carbocycles.